The molecule has 1 aliphatic carbocycles. The minimum atomic E-state index is -1.41. The predicted octanol–water partition coefficient (Wildman–Crippen LogP) is 5.15. The molecule has 1 saturated carbocycles. The number of nitrogens with one attached hydrogen (secondary N) is 1. The summed E-state index contributed by atoms with van der Waals surface area (Å²) in [6, 6.07) is 30.1. The molecule has 1 fully saturated rings. The number of carboxylic acids is 1. The van der Waals surface area contributed by atoms with Gasteiger partial charge in [0.1, 0.15) is 0 Å². The zero-order valence-corrected chi connectivity index (χ0v) is 18.9. The maximum Gasteiger partial charge on any atom is 0.337 e. The quantitative estimate of drug-likeness (QED) is 0.402. The fraction of sp³-hybridized carbons (Fsp3) is 0.321. The Bertz CT molecular complexity index is 945. The number of aliphatic hydroxyl groups is 1. The second kappa shape index (κ2) is 12.9. The van der Waals surface area contributed by atoms with E-state index in [0.29, 0.717) is 11.6 Å². The Morgan fingerprint density at radius 1 is 0.758 bits per heavy atom. The molecule has 0 spiro atoms. The van der Waals surface area contributed by atoms with Crippen LogP contribution in [0.15, 0.2) is 91.0 Å². The van der Waals surface area contributed by atoms with Gasteiger partial charge >= 0.3 is 5.97 Å². The fourth-order valence-corrected chi connectivity index (χ4v) is 4.24. The van der Waals surface area contributed by atoms with E-state index in [0.717, 1.165) is 0 Å². The number of carbonyl (C=O) groups is 1. The van der Waals surface area contributed by atoms with Crippen LogP contribution in [0.5, 0.6) is 0 Å². The topological polar surface area (TPSA) is 95.6 Å². The highest BCUT2D eigenvalue weighted by Crippen LogP contribution is 2.29. The van der Waals surface area contributed by atoms with Crippen molar-refractivity contribution in [3.05, 3.63) is 108 Å². The highest BCUT2D eigenvalue weighted by molar-refractivity contribution is 5.73. The molecule has 5 N–H and O–H groups in total. The van der Waals surface area contributed by atoms with Crippen LogP contribution in [0.3, 0.4) is 0 Å². The van der Waals surface area contributed by atoms with E-state index in [-0.39, 0.29) is 12.1 Å². The summed E-state index contributed by atoms with van der Waals surface area (Å²) in [6.45, 7) is 0. The van der Waals surface area contributed by atoms with Crippen molar-refractivity contribution in [1.29, 1.82) is 0 Å². The molecule has 3 aromatic carbocycles. The minimum absolute atomic E-state index is 0.0227. The summed E-state index contributed by atoms with van der Waals surface area (Å²) < 4.78 is 0. The fourth-order valence-electron chi connectivity index (χ4n) is 4.24. The number of carboxylic acid groups (broad SMARTS) is 1. The molecule has 33 heavy (non-hydrogen) atoms. The maximum atomic E-state index is 10.2. The van der Waals surface area contributed by atoms with E-state index >= 15 is 0 Å². The van der Waals surface area contributed by atoms with Crippen LogP contribution in [0.4, 0.5) is 0 Å². The largest absolute Gasteiger partial charge is 0.479 e. The lowest BCUT2D eigenvalue weighted by atomic mass is 9.90. The van der Waals surface area contributed by atoms with E-state index in [1.54, 1.807) is 30.3 Å². The Morgan fingerprint density at radius 2 is 1.21 bits per heavy atom. The van der Waals surface area contributed by atoms with E-state index in [1.807, 2.05) is 6.07 Å². The van der Waals surface area contributed by atoms with Crippen LogP contribution in [0, 0.1) is 0 Å². The van der Waals surface area contributed by atoms with Crippen molar-refractivity contribution in [2.24, 2.45) is 5.73 Å². The van der Waals surface area contributed by atoms with Gasteiger partial charge in [-0.3, -0.25) is 0 Å². The van der Waals surface area contributed by atoms with E-state index in [2.05, 4.69) is 59.9 Å². The van der Waals surface area contributed by atoms with Crippen molar-refractivity contribution in [2.45, 2.75) is 56.3 Å². The van der Waals surface area contributed by atoms with E-state index in [4.69, 9.17) is 15.9 Å². The zero-order valence-electron chi connectivity index (χ0n) is 18.9. The van der Waals surface area contributed by atoms with Gasteiger partial charge in [0.2, 0.25) is 0 Å². The van der Waals surface area contributed by atoms with Gasteiger partial charge in [0.05, 0.1) is 6.04 Å². The lowest BCUT2D eigenvalue weighted by Gasteiger charge is -2.32. The molecule has 3 atom stereocenters. The average molecular weight is 447 g/mol. The molecule has 5 nitrogen and oxygen atoms in total. The third-order valence-electron chi connectivity index (χ3n) is 6.07. The van der Waals surface area contributed by atoms with Crippen molar-refractivity contribution in [3.63, 3.8) is 0 Å². The molecule has 0 radical (unpaired) electrons. The van der Waals surface area contributed by atoms with Crippen molar-refractivity contribution >= 4 is 5.97 Å². The van der Waals surface area contributed by atoms with Crippen molar-refractivity contribution in [2.75, 3.05) is 0 Å². The lowest BCUT2D eigenvalue weighted by Crippen LogP contribution is -2.39. The number of hydrogen-bond donors (Lipinski definition) is 4. The summed E-state index contributed by atoms with van der Waals surface area (Å²) in [5.74, 6) is -1.23. The summed E-state index contributed by atoms with van der Waals surface area (Å²) in [5, 5.41) is 21.2. The van der Waals surface area contributed by atoms with Crippen LogP contribution in [-0.4, -0.2) is 22.2 Å². The SMILES string of the molecule is N[C@@H](c1ccccc1)[C@@H](NC1CCCCC1)c1ccccc1.O=C(O)[C@H](O)c1ccccc1. The second-order valence-corrected chi connectivity index (χ2v) is 8.48. The van der Waals surface area contributed by atoms with E-state index in [9.17, 15) is 4.79 Å². The molecule has 3 aromatic rings. The summed E-state index contributed by atoms with van der Waals surface area (Å²) in [6.07, 6.45) is 5.17. The standard InChI is InChI=1S/C20H26N2.C8H8O3/c21-19(16-10-4-1-5-11-16)20(17-12-6-2-7-13-17)22-18-14-8-3-9-15-18;9-7(8(10)11)6-4-2-1-3-5-6/h1-2,4-7,10-13,18-20,22H,3,8-9,14-15,21H2;1-5,7,9H,(H,10,11)/t19-,20-;7-/m01/s1. The maximum absolute atomic E-state index is 10.2. The van der Waals surface area contributed by atoms with Gasteiger partial charge in [-0.05, 0) is 29.5 Å². The Morgan fingerprint density at radius 3 is 1.70 bits per heavy atom. The highest BCUT2D eigenvalue weighted by Gasteiger charge is 2.25. The monoisotopic (exact) mass is 446 g/mol. The van der Waals surface area contributed by atoms with Gasteiger partial charge < -0.3 is 21.3 Å². The van der Waals surface area contributed by atoms with Crippen LogP contribution in [0.1, 0.15) is 67.0 Å². The number of benzene rings is 3. The molecule has 0 bridgehead atoms. The van der Waals surface area contributed by atoms with Crippen LogP contribution < -0.4 is 11.1 Å². The molecule has 0 saturated heterocycles. The van der Waals surface area contributed by atoms with Crippen LogP contribution in [0.25, 0.3) is 0 Å². The van der Waals surface area contributed by atoms with Crippen molar-refractivity contribution in [3.8, 4) is 0 Å². The third-order valence-corrected chi connectivity index (χ3v) is 6.07. The molecule has 0 aliphatic heterocycles. The summed E-state index contributed by atoms with van der Waals surface area (Å²) in [4.78, 5) is 10.2. The Balaban J connectivity index is 0.000000235. The molecule has 0 unspecified atom stereocenters. The number of aliphatic carboxylic acids is 1. The van der Waals surface area contributed by atoms with Gasteiger partial charge in [0.15, 0.2) is 6.10 Å². The molecule has 0 heterocycles. The molecular formula is C28H34N2O3. The van der Waals surface area contributed by atoms with Gasteiger partial charge in [-0.25, -0.2) is 4.79 Å². The van der Waals surface area contributed by atoms with E-state index < -0.39 is 12.1 Å². The molecule has 1 aliphatic rings. The smallest absolute Gasteiger partial charge is 0.337 e. The second-order valence-electron chi connectivity index (χ2n) is 8.48. The highest BCUT2D eigenvalue weighted by atomic mass is 16.4. The molecule has 174 valence electrons. The Kier molecular flexibility index (Phi) is 9.63. The van der Waals surface area contributed by atoms with Gasteiger partial charge in [0, 0.05) is 12.1 Å². The van der Waals surface area contributed by atoms with Crippen LogP contribution in [-0.2, 0) is 4.79 Å². The first-order valence-electron chi connectivity index (χ1n) is 11.6. The first kappa shape index (κ1) is 24.6. The predicted molar refractivity (Wildman–Crippen MR) is 132 cm³/mol. The summed E-state index contributed by atoms with van der Waals surface area (Å²) in [5.41, 5.74) is 9.50. The Labute approximate surface area is 196 Å². The van der Waals surface area contributed by atoms with Gasteiger partial charge in [0.25, 0.3) is 0 Å². The number of aliphatic hydroxyl groups excluding tert-OH is 1. The minimum Gasteiger partial charge on any atom is -0.479 e. The van der Waals surface area contributed by atoms with Crippen LogP contribution in [0.2, 0.25) is 0 Å². The lowest BCUT2D eigenvalue weighted by molar-refractivity contribution is -0.146. The normalized spacial score (nSPS) is 16.7. The molecular weight excluding hydrogens is 412 g/mol. The molecule has 0 amide bonds. The van der Waals surface area contributed by atoms with Gasteiger partial charge in [-0.15, -0.1) is 0 Å². The number of hydrogen-bond acceptors (Lipinski definition) is 4. The van der Waals surface area contributed by atoms with Crippen LogP contribution >= 0.6 is 0 Å². The first-order chi connectivity index (χ1) is 16.1. The van der Waals surface area contributed by atoms with Crippen molar-refractivity contribution < 1.29 is 15.0 Å². The van der Waals surface area contributed by atoms with Crippen molar-refractivity contribution in [1.82, 2.24) is 5.32 Å². The van der Waals surface area contributed by atoms with Gasteiger partial charge in [-0.1, -0.05) is 110 Å². The first-order valence-corrected chi connectivity index (χ1v) is 11.6. The van der Waals surface area contributed by atoms with Gasteiger partial charge in [-0.2, -0.15) is 0 Å². The summed E-state index contributed by atoms with van der Waals surface area (Å²) >= 11 is 0. The average Bonchev–Trinajstić information content (AvgIpc) is 2.89. The number of rotatable bonds is 7. The molecule has 4 rings (SSSR count). The zero-order chi connectivity index (χ0) is 23.5. The summed E-state index contributed by atoms with van der Waals surface area (Å²) in [7, 11) is 0. The Hall–Kier alpha value is -2.99. The molecule has 0 aromatic heterocycles. The third kappa shape index (κ3) is 7.53. The molecule has 5 heteroatoms. The number of nitrogens with two attached hydrogens (primary N) is 1. The van der Waals surface area contributed by atoms with E-state index in [1.165, 1.54) is 43.2 Å².